The highest BCUT2D eigenvalue weighted by molar-refractivity contribution is 5.70. The molecule has 0 radical (unpaired) electrons. The number of unbranched alkanes of at least 4 members (excludes halogenated alkanes) is 12. The summed E-state index contributed by atoms with van der Waals surface area (Å²) < 4.78 is 17.2. The van der Waals surface area contributed by atoms with E-state index in [2.05, 4.69) is 98.9 Å². The van der Waals surface area contributed by atoms with Crippen molar-refractivity contribution in [3.63, 3.8) is 0 Å². The minimum Gasteiger partial charge on any atom is -0.544 e. The molecule has 0 fully saturated rings. The van der Waals surface area contributed by atoms with Gasteiger partial charge in [0.05, 0.1) is 40.3 Å². The quantitative estimate of drug-likeness (QED) is 0.0262. The summed E-state index contributed by atoms with van der Waals surface area (Å²) in [4.78, 5) is 36.9. The van der Waals surface area contributed by atoms with Crippen LogP contribution in [0.3, 0.4) is 0 Å². The van der Waals surface area contributed by atoms with Crippen molar-refractivity contribution in [2.75, 3.05) is 41.0 Å². The third-order valence-electron chi connectivity index (χ3n) is 9.78. The Kier molecular flexibility index (Phi) is 38.8. The first-order valence-corrected chi connectivity index (χ1v) is 23.1. The van der Waals surface area contributed by atoms with Gasteiger partial charge in [0.15, 0.2) is 6.10 Å². The molecule has 2 atom stereocenters. The highest BCUT2D eigenvalue weighted by atomic mass is 16.6. The number of aliphatic carboxylic acids is 1. The van der Waals surface area contributed by atoms with Gasteiger partial charge in [-0.1, -0.05) is 150 Å². The number of quaternary nitrogens is 1. The summed E-state index contributed by atoms with van der Waals surface area (Å²) in [6, 6.07) is -0.737. The van der Waals surface area contributed by atoms with Crippen LogP contribution in [0, 0.1) is 0 Å². The van der Waals surface area contributed by atoms with Crippen molar-refractivity contribution < 1.29 is 38.2 Å². The molecule has 0 bridgehead atoms. The summed E-state index contributed by atoms with van der Waals surface area (Å²) in [5.41, 5.74) is 0. The zero-order chi connectivity index (χ0) is 43.5. The molecule has 59 heavy (non-hydrogen) atoms. The minimum atomic E-state index is -1.13. The molecule has 0 aliphatic rings. The highest BCUT2D eigenvalue weighted by Gasteiger charge is 2.25. The lowest BCUT2D eigenvalue weighted by Gasteiger charge is -2.34. The van der Waals surface area contributed by atoms with E-state index >= 15 is 0 Å². The molecule has 0 saturated carbocycles. The Bertz CT molecular complexity index is 1240. The summed E-state index contributed by atoms with van der Waals surface area (Å²) in [6.45, 7) is 4.39. The van der Waals surface area contributed by atoms with Gasteiger partial charge in [0, 0.05) is 19.3 Å². The third-order valence-corrected chi connectivity index (χ3v) is 9.78. The molecular weight excluding hydrogens is 739 g/mol. The van der Waals surface area contributed by atoms with E-state index in [1.54, 1.807) is 21.1 Å². The Morgan fingerprint density at radius 3 is 1.34 bits per heavy atom. The van der Waals surface area contributed by atoms with Gasteiger partial charge in [0.1, 0.15) is 12.6 Å². The summed E-state index contributed by atoms with van der Waals surface area (Å²) in [7, 11) is 5.39. The molecule has 0 aromatic rings. The average Bonchev–Trinajstić information content (AvgIpc) is 3.19. The predicted octanol–water partition coefficient (Wildman–Crippen LogP) is 11.6. The molecule has 0 aliphatic carbocycles. The van der Waals surface area contributed by atoms with E-state index < -0.39 is 18.1 Å². The van der Waals surface area contributed by atoms with Crippen molar-refractivity contribution in [3.8, 4) is 0 Å². The maximum atomic E-state index is 12.7. The Balaban J connectivity index is 4.37. The molecule has 0 aliphatic heterocycles. The zero-order valence-electron chi connectivity index (χ0n) is 38.1. The molecule has 0 saturated heterocycles. The van der Waals surface area contributed by atoms with Crippen LogP contribution in [0.25, 0.3) is 0 Å². The third kappa shape index (κ3) is 39.7. The van der Waals surface area contributed by atoms with E-state index in [0.29, 0.717) is 12.8 Å². The standard InChI is InChI=1S/C51H85NO7/c1-6-8-10-12-14-16-18-20-22-24-25-26-28-29-31-33-35-37-39-41-49(53)58-46-47(45-57-44-43-48(51(55)56)52(3,4)5)59-50(54)42-40-38-36-34-32-30-27-23-21-19-17-15-13-11-9-7-2/h8-11,14-17,20-23,30,32,47-48H,6-7,12-13,18-19,24-29,31,33-46H2,1-5H3/b10-8+,11-9+,16-14+,17-15+,22-20+,23-21+,32-30+. The first kappa shape index (κ1) is 55.5. The molecule has 0 aromatic heterocycles. The van der Waals surface area contributed by atoms with E-state index in [9.17, 15) is 19.5 Å². The molecule has 0 aromatic carbocycles. The van der Waals surface area contributed by atoms with Crippen LogP contribution in [0.15, 0.2) is 85.1 Å². The van der Waals surface area contributed by atoms with Gasteiger partial charge in [-0.05, 0) is 83.5 Å². The second kappa shape index (κ2) is 41.3. The van der Waals surface area contributed by atoms with Crippen molar-refractivity contribution in [3.05, 3.63) is 85.1 Å². The van der Waals surface area contributed by atoms with Crippen LogP contribution in [0.5, 0.6) is 0 Å². The van der Waals surface area contributed by atoms with Gasteiger partial charge >= 0.3 is 11.9 Å². The van der Waals surface area contributed by atoms with Gasteiger partial charge in [0.25, 0.3) is 0 Å². The van der Waals surface area contributed by atoms with Crippen LogP contribution >= 0.6 is 0 Å². The molecule has 336 valence electrons. The van der Waals surface area contributed by atoms with Crippen LogP contribution in [0.4, 0.5) is 0 Å². The predicted molar refractivity (Wildman–Crippen MR) is 245 cm³/mol. The van der Waals surface area contributed by atoms with Gasteiger partial charge in [-0.15, -0.1) is 0 Å². The van der Waals surface area contributed by atoms with E-state index in [1.807, 2.05) is 0 Å². The smallest absolute Gasteiger partial charge is 0.306 e. The van der Waals surface area contributed by atoms with Gasteiger partial charge in [0.2, 0.25) is 0 Å². The Hall–Kier alpha value is -3.49. The van der Waals surface area contributed by atoms with Crippen LogP contribution in [0.1, 0.15) is 168 Å². The maximum absolute atomic E-state index is 12.7. The number of carboxylic acid groups (broad SMARTS) is 1. The number of likely N-dealkylation sites (N-methyl/N-ethyl adjacent to an activating group) is 1. The summed E-state index contributed by atoms with van der Waals surface area (Å²) >= 11 is 0. The Labute approximate surface area is 361 Å². The van der Waals surface area contributed by atoms with Crippen LogP contribution < -0.4 is 5.11 Å². The van der Waals surface area contributed by atoms with Gasteiger partial charge in [-0.3, -0.25) is 9.59 Å². The summed E-state index contributed by atoms with van der Waals surface area (Å²) in [5, 5.41) is 11.6. The zero-order valence-corrected chi connectivity index (χ0v) is 38.1. The lowest BCUT2D eigenvalue weighted by atomic mass is 10.1. The van der Waals surface area contributed by atoms with Gasteiger partial charge in [-0.25, -0.2) is 0 Å². The molecule has 0 N–H and O–H groups in total. The summed E-state index contributed by atoms with van der Waals surface area (Å²) in [6.07, 6.45) is 53.2. The first-order chi connectivity index (χ1) is 28.6. The van der Waals surface area contributed by atoms with Crippen molar-refractivity contribution in [1.82, 2.24) is 0 Å². The lowest BCUT2D eigenvalue weighted by Crippen LogP contribution is -2.55. The van der Waals surface area contributed by atoms with E-state index in [1.165, 1.54) is 38.5 Å². The van der Waals surface area contributed by atoms with Crippen molar-refractivity contribution in [1.29, 1.82) is 0 Å². The number of rotatable bonds is 40. The SMILES string of the molecule is CC/C=C/C/C=C/C/C=C/C/C=C/CCCCCC(=O)OC(COCCC(C(=O)[O-])[N+](C)(C)C)COC(=O)CCCCCCCCCCC/C=C/C/C=C/C/C=C/CC. The monoisotopic (exact) mass is 824 g/mol. The van der Waals surface area contributed by atoms with Gasteiger partial charge < -0.3 is 28.6 Å². The molecule has 8 nitrogen and oxygen atoms in total. The number of esters is 2. The fourth-order valence-corrected chi connectivity index (χ4v) is 6.25. The lowest BCUT2D eigenvalue weighted by molar-refractivity contribution is -0.889. The summed E-state index contributed by atoms with van der Waals surface area (Å²) in [5.74, 6) is -1.79. The molecule has 8 heteroatoms. The molecule has 0 heterocycles. The second-order valence-corrected chi connectivity index (χ2v) is 16.2. The number of ether oxygens (including phenoxy) is 3. The number of carbonyl (C=O) groups excluding carboxylic acids is 3. The molecule has 0 amide bonds. The molecular formula is C51H85NO7. The highest BCUT2D eigenvalue weighted by Crippen LogP contribution is 2.13. The van der Waals surface area contributed by atoms with Crippen molar-refractivity contribution >= 4 is 17.9 Å². The molecule has 0 spiro atoms. The number of allylic oxidation sites excluding steroid dienone is 14. The topological polar surface area (TPSA) is 102 Å². The first-order valence-electron chi connectivity index (χ1n) is 23.1. The fourth-order valence-electron chi connectivity index (χ4n) is 6.25. The number of carboxylic acids is 1. The second-order valence-electron chi connectivity index (χ2n) is 16.2. The largest absolute Gasteiger partial charge is 0.544 e. The number of hydrogen-bond donors (Lipinski definition) is 0. The van der Waals surface area contributed by atoms with Crippen LogP contribution in [-0.4, -0.2) is 75.5 Å². The van der Waals surface area contributed by atoms with E-state index in [0.717, 1.165) is 89.9 Å². The molecule has 2 unspecified atom stereocenters. The van der Waals surface area contributed by atoms with Crippen LogP contribution in [-0.2, 0) is 28.6 Å². The van der Waals surface area contributed by atoms with Gasteiger partial charge in [-0.2, -0.15) is 0 Å². The van der Waals surface area contributed by atoms with Crippen LogP contribution in [0.2, 0.25) is 0 Å². The normalized spacial score (nSPS) is 13.7. The number of nitrogens with zero attached hydrogens (tertiary/aromatic N) is 1. The van der Waals surface area contributed by atoms with E-state index in [4.69, 9.17) is 14.2 Å². The Morgan fingerprint density at radius 2 is 0.898 bits per heavy atom. The van der Waals surface area contributed by atoms with Crippen molar-refractivity contribution in [2.24, 2.45) is 0 Å². The van der Waals surface area contributed by atoms with E-state index in [-0.39, 0.29) is 49.1 Å². The number of carbonyl (C=O) groups is 3. The average molecular weight is 824 g/mol. The van der Waals surface area contributed by atoms with Crippen molar-refractivity contribution in [2.45, 2.75) is 180 Å². The Morgan fingerprint density at radius 1 is 0.508 bits per heavy atom. The maximum Gasteiger partial charge on any atom is 0.306 e. The fraction of sp³-hybridized carbons (Fsp3) is 0.667. The minimum absolute atomic E-state index is 0.0213. The number of hydrogen-bond acceptors (Lipinski definition) is 7. The molecule has 0 rings (SSSR count).